The van der Waals surface area contributed by atoms with Crippen LogP contribution in [0.5, 0.6) is 0 Å². The molecule has 0 atom stereocenters. The fourth-order valence-electron chi connectivity index (χ4n) is 4.13. The molecule has 1 amide bonds. The molecule has 7 nitrogen and oxygen atoms in total. The second-order valence-corrected chi connectivity index (χ2v) is 8.55. The van der Waals surface area contributed by atoms with E-state index in [4.69, 9.17) is 0 Å². The normalized spacial score (nSPS) is 15.0. The van der Waals surface area contributed by atoms with Gasteiger partial charge in [0.25, 0.3) is 11.5 Å². The topological polar surface area (TPSA) is 92.7 Å². The minimum atomic E-state index is -0.249. The Morgan fingerprint density at radius 2 is 2.03 bits per heavy atom. The van der Waals surface area contributed by atoms with Crippen molar-refractivity contribution in [3.63, 3.8) is 0 Å². The molecular weight excluding hydrogens is 434 g/mol. The molecule has 2 N–H and O–H groups in total. The number of nitrogens with one attached hydrogen (secondary N) is 2. The Morgan fingerprint density at radius 1 is 1.28 bits per heavy atom. The standard InChI is InChI=1S/C21H24BrN5O2/c1-12-8-13(2)25-21(29)16(12)10-23-20(28)15-9-18(22)26-19-17(15)11-24-27(19)14-6-4-3-5-7-14/h8-9,11,14H,3-7,10H2,1-2H3,(H,23,28)(H,25,29). The molecule has 1 fully saturated rings. The number of aromatic nitrogens is 4. The molecule has 0 aliphatic heterocycles. The molecule has 0 bridgehead atoms. The van der Waals surface area contributed by atoms with Gasteiger partial charge in [0.2, 0.25) is 0 Å². The lowest BCUT2D eigenvalue weighted by Gasteiger charge is -2.22. The highest BCUT2D eigenvalue weighted by atomic mass is 79.9. The second kappa shape index (κ2) is 8.10. The summed E-state index contributed by atoms with van der Waals surface area (Å²) in [5.74, 6) is -0.249. The summed E-state index contributed by atoms with van der Waals surface area (Å²) in [6.07, 6.45) is 7.54. The third-order valence-electron chi connectivity index (χ3n) is 5.62. The van der Waals surface area contributed by atoms with Crippen LogP contribution < -0.4 is 10.9 Å². The van der Waals surface area contributed by atoms with Crippen LogP contribution in [-0.2, 0) is 6.54 Å². The molecule has 8 heteroatoms. The maximum absolute atomic E-state index is 13.0. The smallest absolute Gasteiger partial charge is 0.253 e. The van der Waals surface area contributed by atoms with E-state index in [2.05, 4.69) is 36.3 Å². The van der Waals surface area contributed by atoms with Gasteiger partial charge in [-0.05, 0) is 60.3 Å². The van der Waals surface area contributed by atoms with Crippen molar-refractivity contribution >= 4 is 32.9 Å². The maximum atomic E-state index is 13.0. The van der Waals surface area contributed by atoms with Crippen molar-refractivity contribution in [1.82, 2.24) is 25.1 Å². The summed E-state index contributed by atoms with van der Waals surface area (Å²) in [6.45, 7) is 3.88. The van der Waals surface area contributed by atoms with E-state index in [9.17, 15) is 9.59 Å². The maximum Gasteiger partial charge on any atom is 0.253 e. The van der Waals surface area contributed by atoms with E-state index < -0.39 is 0 Å². The van der Waals surface area contributed by atoms with Crippen LogP contribution >= 0.6 is 15.9 Å². The number of hydrogen-bond donors (Lipinski definition) is 2. The Bertz CT molecular complexity index is 1130. The van der Waals surface area contributed by atoms with E-state index in [1.165, 1.54) is 19.3 Å². The van der Waals surface area contributed by atoms with E-state index >= 15 is 0 Å². The van der Waals surface area contributed by atoms with Gasteiger partial charge in [0.15, 0.2) is 5.65 Å². The zero-order valence-corrected chi connectivity index (χ0v) is 18.2. The van der Waals surface area contributed by atoms with Crippen LogP contribution in [-0.4, -0.2) is 25.7 Å². The van der Waals surface area contributed by atoms with Crippen LogP contribution in [0.3, 0.4) is 0 Å². The molecule has 0 aromatic carbocycles. The SMILES string of the molecule is Cc1cc(C)c(CNC(=O)c2cc(Br)nc3c2cnn3C2CCCCC2)c(=O)[nH]1. The van der Waals surface area contributed by atoms with Crippen molar-refractivity contribution in [3.8, 4) is 0 Å². The van der Waals surface area contributed by atoms with E-state index in [1.54, 1.807) is 12.3 Å². The lowest BCUT2D eigenvalue weighted by Crippen LogP contribution is -2.28. The van der Waals surface area contributed by atoms with Gasteiger partial charge in [-0.25, -0.2) is 9.67 Å². The predicted octanol–water partition coefficient (Wildman–Crippen LogP) is 3.93. The van der Waals surface area contributed by atoms with Crippen LogP contribution in [0.25, 0.3) is 11.0 Å². The van der Waals surface area contributed by atoms with Gasteiger partial charge in [0, 0.05) is 17.8 Å². The number of pyridine rings is 2. The summed E-state index contributed by atoms with van der Waals surface area (Å²) in [4.78, 5) is 32.5. The minimum Gasteiger partial charge on any atom is -0.348 e. The first-order valence-corrected chi connectivity index (χ1v) is 10.7. The molecule has 1 aliphatic rings. The number of aryl methyl sites for hydroxylation is 2. The molecule has 3 aromatic rings. The van der Waals surface area contributed by atoms with E-state index in [-0.39, 0.29) is 18.0 Å². The summed E-state index contributed by atoms with van der Waals surface area (Å²) >= 11 is 3.43. The van der Waals surface area contributed by atoms with Crippen molar-refractivity contribution in [2.45, 2.75) is 58.5 Å². The van der Waals surface area contributed by atoms with Gasteiger partial charge in [-0.3, -0.25) is 9.59 Å². The number of rotatable bonds is 4. The summed E-state index contributed by atoms with van der Waals surface area (Å²) in [7, 11) is 0. The highest BCUT2D eigenvalue weighted by molar-refractivity contribution is 9.10. The first-order valence-electron chi connectivity index (χ1n) is 9.95. The number of fused-ring (bicyclic) bond motifs is 1. The molecule has 0 radical (unpaired) electrons. The van der Waals surface area contributed by atoms with Crippen LogP contribution in [0.4, 0.5) is 0 Å². The van der Waals surface area contributed by atoms with Gasteiger partial charge in [0.1, 0.15) is 4.60 Å². The lowest BCUT2D eigenvalue weighted by atomic mass is 9.96. The van der Waals surface area contributed by atoms with Gasteiger partial charge in [-0.15, -0.1) is 0 Å². The molecule has 1 aliphatic carbocycles. The van der Waals surface area contributed by atoms with Crippen molar-refractivity contribution in [2.24, 2.45) is 0 Å². The molecule has 152 valence electrons. The van der Waals surface area contributed by atoms with Gasteiger partial charge in [0.05, 0.1) is 23.2 Å². The monoisotopic (exact) mass is 457 g/mol. The number of hydrogen-bond acceptors (Lipinski definition) is 4. The molecule has 4 rings (SSSR count). The predicted molar refractivity (Wildman–Crippen MR) is 115 cm³/mol. The van der Waals surface area contributed by atoms with E-state index in [0.29, 0.717) is 21.8 Å². The van der Waals surface area contributed by atoms with Gasteiger partial charge in [-0.2, -0.15) is 5.10 Å². The average Bonchev–Trinajstić information content (AvgIpc) is 3.10. The van der Waals surface area contributed by atoms with Crippen LogP contribution in [0.2, 0.25) is 0 Å². The summed E-state index contributed by atoms with van der Waals surface area (Å²) in [5, 5.41) is 8.17. The summed E-state index contributed by atoms with van der Waals surface area (Å²) < 4.78 is 2.56. The minimum absolute atomic E-state index is 0.165. The number of carbonyl (C=O) groups is 1. The third-order valence-corrected chi connectivity index (χ3v) is 6.03. The number of amides is 1. The Hall–Kier alpha value is -2.48. The van der Waals surface area contributed by atoms with Crippen molar-refractivity contribution < 1.29 is 4.79 Å². The average molecular weight is 458 g/mol. The molecular formula is C21H24BrN5O2. The zero-order chi connectivity index (χ0) is 20.5. The van der Waals surface area contributed by atoms with E-state index in [1.807, 2.05) is 24.6 Å². The fraction of sp³-hybridized carbons (Fsp3) is 0.429. The molecule has 29 heavy (non-hydrogen) atoms. The molecule has 0 saturated heterocycles. The number of aromatic amines is 1. The van der Waals surface area contributed by atoms with Gasteiger partial charge in [-0.1, -0.05) is 19.3 Å². The second-order valence-electron chi connectivity index (χ2n) is 7.74. The Kier molecular flexibility index (Phi) is 5.54. The number of nitrogens with zero attached hydrogens (tertiary/aromatic N) is 3. The number of H-pyrrole nitrogens is 1. The summed E-state index contributed by atoms with van der Waals surface area (Å²) in [6, 6.07) is 3.93. The molecule has 0 spiro atoms. The molecule has 3 heterocycles. The van der Waals surface area contributed by atoms with Crippen molar-refractivity contribution in [1.29, 1.82) is 0 Å². The largest absolute Gasteiger partial charge is 0.348 e. The number of halogens is 1. The van der Waals surface area contributed by atoms with Gasteiger partial charge >= 0.3 is 0 Å². The summed E-state index contributed by atoms with van der Waals surface area (Å²) in [5.41, 5.74) is 3.28. The quantitative estimate of drug-likeness (QED) is 0.580. The zero-order valence-electron chi connectivity index (χ0n) is 16.6. The highest BCUT2D eigenvalue weighted by Crippen LogP contribution is 2.31. The Labute approximate surface area is 177 Å². The third kappa shape index (κ3) is 3.99. The van der Waals surface area contributed by atoms with Crippen LogP contribution in [0, 0.1) is 13.8 Å². The Balaban J connectivity index is 1.63. The van der Waals surface area contributed by atoms with Gasteiger partial charge < -0.3 is 10.3 Å². The van der Waals surface area contributed by atoms with E-state index in [0.717, 1.165) is 35.1 Å². The Morgan fingerprint density at radius 3 is 2.76 bits per heavy atom. The van der Waals surface area contributed by atoms with Crippen molar-refractivity contribution in [2.75, 3.05) is 0 Å². The number of carbonyl (C=O) groups excluding carboxylic acids is 1. The first kappa shape index (κ1) is 19.8. The first-order chi connectivity index (χ1) is 13.9. The van der Waals surface area contributed by atoms with Crippen molar-refractivity contribution in [3.05, 3.63) is 55.7 Å². The molecule has 3 aromatic heterocycles. The fourth-order valence-corrected chi connectivity index (χ4v) is 4.53. The highest BCUT2D eigenvalue weighted by Gasteiger charge is 2.22. The molecule has 0 unspecified atom stereocenters. The lowest BCUT2D eigenvalue weighted by molar-refractivity contribution is 0.0952. The molecule has 1 saturated carbocycles. The van der Waals surface area contributed by atoms with Crippen LogP contribution in [0.1, 0.15) is 65.3 Å². The van der Waals surface area contributed by atoms with Crippen LogP contribution in [0.15, 0.2) is 27.7 Å².